The van der Waals surface area contributed by atoms with Gasteiger partial charge in [-0.25, -0.2) is 9.18 Å². The number of halogens is 1. The van der Waals surface area contributed by atoms with Gasteiger partial charge in [0.15, 0.2) is 0 Å². The van der Waals surface area contributed by atoms with Crippen molar-refractivity contribution < 1.29 is 19.1 Å². The van der Waals surface area contributed by atoms with E-state index < -0.39 is 11.9 Å². The van der Waals surface area contributed by atoms with Crippen molar-refractivity contribution >= 4 is 17.7 Å². The quantitative estimate of drug-likeness (QED) is 0.879. The fourth-order valence-electron chi connectivity index (χ4n) is 3.55. The standard InChI is InChI=1S/C15H17FN2O3/c16-10-2-1-3-11(6-10)17-14(19)12-5-4-9-7-18(15(20)21)8-13(9)12/h1-3,6,9,12-13H,4-5,7-8H2,(H,17,19)(H,20,21)/t9-,12+,13+/m1/s1. The van der Waals surface area contributed by atoms with Gasteiger partial charge in [0.1, 0.15) is 5.82 Å². The minimum absolute atomic E-state index is 0.0784. The van der Waals surface area contributed by atoms with Crippen LogP contribution in [0.4, 0.5) is 14.9 Å². The molecule has 2 N–H and O–H groups in total. The molecule has 5 nitrogen and oxygen atoms in total. The van der Waals surface area contributed by atoms with Crippen molar-refractivity contribution in [1.29, 1.82) is 0 Å². The maximum Gasteiger partial charge on any atom is 0.407 e. The third-order valence-electron chi connectivity index (χ3n) is 4.56. The number of nitrogens with one attached hydrogen (secondary N) is 1. The van der Waals surface area contributed by atoms with Gasteiger partial charge in [0.2, 0.25) is 5.91 Å². The van der Waals surface area contributed by atoms with Crippen molar-refractivity contribution in [2.75, 3.05) is 18.4 Å². The number of amides is 2. The topological polar surface area (TPSA) is 69.6 Å². The number of carbonyl (C=O) groups is 2. The van der Waals surface area contributed by atoms with Gasteiger partial charge < -0.3 is 15.3 Å². The zero-order chi connectivity index (χ0) is 15.0. The molecule has 1 heterocycles. The SMILES string of the molecule is O=C(Nc1cccc(F)c1)[C@H]1CC[C@@H]2CN(C(=O)O)C[C@@H]21. The van der Waals surface area contributed by atoms with Crippen molar-refractivity contribution in [3.05, 3.63) is 30.1 Å². The van der Waals surface area contributed by atoms with Crippen molar-refractivity contribution in [1.82, 2.24) is 4.90 Å². The van der Waals surface area contributed by atoms with Gasteiger partial charge in [-0.15, -0.1) is 0 Å². The molecule has 3 atom stereocenters. The van der Waals surface area contributed by atoms with Gasteiger partial charge in [0, 0.05) is 24.7 Å². The average Bonchev–Trinajstić information content (AvgIpc) is 2.97. The number of carboxylic acid groups (broad SMARTS) is 1. The Balaban J connectivity index is 1.67. The van der Waals surface area contributed by atoms with Gasteiger partial charge >= 0.3 is 6.09 Å². The van der Waals surface area contributed by atoms with Crippen molar-refractivity contribution in [3.63, 3.8) is 0 Å². The number of likely N-dealkylation sites (tertiary alicyclic amines) is 1. The third-order valence-corrected chi connectivity index (χ3v) is 4.56. The second-order valence-electron chi connectivity index (χ2n) is 5.79. The van der Waals surface area contributed by atoms with E-state index in [2.05, 4.69) is 5.32 Å². The Hall–Kier alpha value is -2.11. The van der Waals surface area contributed by atoms with E-state index >= 15 is 0 Å². The third kappa shape index (κ3) is 2.70. The van der Waals surface area contributed by atoms with E-state index in [0.29, 0.717) is 18.8 Å². The van der Waals surface area contributed by atoms with Gasteiger partial charge in [-0.05, 0) is 42.9 Å². The molecule has 0 bridgehead atoms. The summed E-state index contributed by atoms with van der Waals surface area (Å²) >= 11 is 0. The number of fused-ring (bicyclic) bond motifs is 1. The van der Waals surface area contributed by atoms with Gasteiger partial charge in [0.25, 0.3) is 0 Å². The summed E-state index contributed by atoms with van der Waals surface area (Å²) in [6.45, 7) is 0.935. The number of nitrogens with zero attached hydrogens (tertiary/aromatic N) is 1. The van der Waals surface area contributed by atoms with Gasteiger partial charge in [-0.1, -0.05) is 6.07 Å². The zero-order valence-corrected chi connectivity index (χ0v) is 11.5. The Morgan fingerprint density at radius 3 is 2.81 bits per heavy atom. The molecular weight excluding hydrogens is 275 g/mol. The monoisotopic (exact) mass is 292 g/mol. The number of hydrogen-bond donors (Lipinski definition) is 2. The van der Waals surface area contributed by atoms with E-state index in [1.165, 1.54) is 17.0 Å². The average molecular weight is 292 g/mol. The fourth-order valence-corrected chi connectivity index (χ4v) is 3.55. The Bertz CT molecular complexity index is 578. The highest BCUT2D eigenvalue weighted by Crippen LogP contribution is 2.42. The molecule has 0 radical (unpaired) electrons. The van der Waals surface area contributed by atoms with Gasteiger partial charge in [-0.2, -0.15) is 0 Å². The van der Waals surface area contributed by atoms with E-state index in [9.17, 15) is 14.0 Å². The van der Waals surface area contributed by atoms with Crippen LogP contribution in [-0.2, 0) is 4.79 Å². The van der Waals surface area contributed by atoms with Crippen LogP contribution in [0.15, 0.2) is 24.3 Å². The second-order valence-corrected chi connectivity index (χ2v) is 5.79. The van der Waals surface area contributed by atoms with E-state index in [1.54, 1.807) is 12.1 Å². The van der Waals surface area contributed by atoms with E-state index in [4.69, 9.17) is 5.11 Å². The molecule has 1 aliphatic heterocycles. The van der Waals surface area contributed by atoms with Crippen molar-refractivity contribution in [2.24, 2.45) is 17.8 Å². The molecule has 2 aliphatic rings. The number of rotatable bonds is 2. The minimum atomic E-state index is -0.923. The number of anilines is 1. The molecule has 3 rings (SSSR count). The number of carbonyl (C=O) groups excluding carboxylic acids is 1. The predicted octanol–water partition coefficient (Wildman–Crippen LogP) is 2.40. The first-order valence-electron chi connectivity index (χ1n) is 7.09. The molecule has 1 saturated carbocycles. The lowest BCUT2D eigenvalue weighted by molar-refractivity contribution is -0.120. The van der Waals surface area contributed by atoms with Gasteiger partial charge in [0.05, 0.1) is 0 Å². The fraction of sp³-hybridized carbons (Fsp3) is 0.467. The molecule has 0 unspecified atom stereocenters. The molecule has 1 aromatic rings. The van der Waals surface area contributed by atoms with Gasteiger partial charge in [-0.3, -0.25) is 4.79 Å². The number of benzene rings is 1. The van der Waals surface area contributed by atoms with Crippen LogP contribution in [0.5, 0.6) is 0 Å². The molecule has 1 saturated heterocycles. The largest absolute Gasteiger partial charge is 0.465 e. The maximum absolute atomic E-state index is 13.1. The lowest BCUT2D eigenvalue weighted by atomic mass is 9.92. The van der Waals surface area contributed by atoms with Crippen LogP contribution in [0.3, 0.4) is 0 Å². The molecule has 1 aliphatic carbocycles. The van der Waals surface area contributed by atoms with Crippen molar-refractivity contribution in [3.8, 4) is 0 Å². The molecule has 0 aromatic heterocycles. The molecule has 112 valence electrons. The summed E-state index contributed by atoms with van der Waals surface area (Å²) in [5.74, 6) is -0.378. The Labute approximate surface area is 121 Å². The summed E-state index contributed by atoms with van der Waals surface area (Å²) in [6.07, 6.45) is 0.716. The molecule has 2 amide bonds. The van der Waals surface area contributed by atoms with Crippen LogP contribution in [0, 0.1) is 23.6 Å². The maximum atomic E-state index is 13.1. The normalized spacial score (nSPS) is 27.5. The summed E-state index contributed by atoms with van der Waals surface area (Å²) in [5.41, 5.74) is 0.441. The van der Waals surface area contributed by atoms with Crippen molar-refractivity contribution in [2.45, 2.75) is 12.8 Å². The molecular formula is C15H17FN2O3. The molecule has 21 heavy (non-hydrogen) atoms. The van der Waals surface area contributed by atoms with Crippen LogP contribution in [-0.4, -0.2) is 35.1 Å². The summed E-state index contributed by atoms with van der Waals surface area (Å²) in [7, 11) is 0. The number of hydrogen-bond acceptors (Lipinski definition) is 2. The van der Waals surface area contributed by atoms with E-state index in [1.807, 2.05) is 0 Å². The van der Waals surface area contributed by atoms with Crippen LogP contribution < -0.4 is 5.32 Å². The molecule has 0 spiro atoms. The zero-order valence-electron chi connectivity index (χ0n) is 11.5. The van der Waals surface area contributed by atoms with Crippen LogP contribution in [0.1, 0.15) is 12.8 Å². The molecule has 1 aromatic carbocycles. The highest BCUT2D eigenvalue weighted by molar-refractivity contribution is 5.93. The summed E-state index contributed by atoms with van der Waals surface area (Å²) in [4.78, 5) is 24.8. The Kier molecular flexibility index (Phi) is 3.53. The lowest BCUT2D eigenvalue weighted by Crippen LogP contribution is -2.32. The summed E-state index contributed by atoms with van der Waals surface area (Å²) < 4.78 is 13.1. The highest BCUT2D eigenvalue weighted by atomic mass is 19.1. The first-order chi connectivity index (χ1) is 10.0. The lowest BCUT2D eigenvalue weighted by Gasteiger charge is -2.18. The Morgan fingerprint density at radius 1 is 1.29 bits per heavy atom. The molecule has 6 heteroatoms. The molecule has 2 fully saturated rings. The summed E-state index contributed by atoms with van der Waals surface area (Å²) in [5, 5.41) is 11.8. The predicted molar refractivity (Wildman–Crippen MR) is 74.3 cm³/mol. The minimum Gasteiger partial charge on any atom is -0.465 e. The smallest absolute Gasteiger partial charge is 0.407 e. The van der Waals surface area contributed by atoms with Crippen LogP contribution in [0.2, 0.25) is 0 Å². The van der Waals surface area contributed by atoms with E-state index in [-0.39, 0.29) is 23.7 Å². The first kappa shape index (κ1) is 13.9. The first-order valence-corrected chi connectivity index (χ1v) is 7.09. The second kappa shape index (κ2) is 5.35. The highest BCUT2D eigenvalue weighted by Gasteiger charge is 2.46. The summed E-state index contributed by atoms with van der Waals surface area (Å²) in [6, 6.07) is 5.79. The van der Waals surface area contributed by atoms with Crippen LogP contribution >= 0.6 is 0 Å². The Morgan fingerprint density at radius 2 is 2.10 bits per heavy atom. The van der Waals surface area contributed by atoms with E-state index in [0.717, 1.165) is 12.8 Å². The van der Waals surface area contributed by atoms with Crippen LogP contribution in [0.25, 0.3) is 0 Å².